The molecule has 1 atom stereocenters. The standard InChI is InChI=1S/C25H41N2.HI/c1-3-4-18-27(2,20-17-22-12-7-5-6-8-13-22)19-11-14-23-21-26-25-16-10-9-15-24(23)25;/h9-10,15-16,21-22,26H,3-8,11-14,17-20H2,1-2H3;1H/q+1;/p-1. The van der Waals surface area contributed by atoms with Crippen LogP contribution in [0, 0.1) is 5.92 Å². The van der Waals surface area contributed by atoms with Gasteiger partial charge >= 0.3 is 0 Å². The van der Waals surface area contributed by atoms with E-state index in [1.807, 2.05) is 0 Å². The number of hydrogen-bond acceptors (Lipinski definition) is 0. The van der Waals surface area contributed by atoms with Gasteiger partial charge < -0.3 is 33.4 Å². The first-order chi connectivity index (χ1) is 13.2. The summed E-state index contributed by atoms with van der Waals surface area (Å²) in [5.74, 6) is 1.00. The molecule has 2 aromatic rings. The van der Waals surface area contributed by atoms with E-state index in [2.05, 4.69) is 49.4 Å². The normalized spacial score (nSPS) is 17.8. The molecule has 1 fully saturated rings. The Morgan fingerprint density at radius 1 is 0.964 bits per heavy atom. The Morgan fingerprint density at radius 3 is 2.43 bits per heavy atom. The van der Waals surface area contributed by atoms with E-state index in [9.17, 15) is 0 Å². The molecule has 158 valence electrons. The fourth-order valence-electron chi connectivity index (χ4n) is 5.01. The Labute approximate surface area is 190 Å². The van der Waals surface area contributed by atoms with Gasteiger partial charge in [-0.05, 0) is 36.8 Å². The quantitative estimate of drug-likeness (QED) is 0.293. The first-order valence-electron chi connectivity index (χ1n) is 11.6. The van der Waals surface area contributed by atoms with Crippen LogP contribution in [0.3, 0.4) is 0 Å². The van der Waals surface area contributed by atoms with Crippen LogP contribution in [-0.4, -0.2) is 36.1 Å². The third-order valence-electron chi connectivity index (χ3n) is 6.92. The molecule has 1 aliphatic rings. The molecule has 0 aliphatic heterocycles. The van der Waals surface area contributed by atoms with Gasteiger partial charge in [0.1, 0.15) is 0 Å². The summed E-state index contributed by atoms with van der Waals surface area (Å²) in [4.78, 5) is 3.44. The number of rotatable bonds is 10. The van der Waals surface area contributed by atoms with Crippen LogP contribution in [0.1, 0.15) is 76.7 Å². The number of para-hydroxylation sites is 1. The molecular formula is C25H41IN2. The SMILES string of the molecule is CCCC[N+](C)(CCCc1c[nH]c2ccccc12)CCC1CCCCCC1.[I-]. The van der Waals surface area contributed by atoms with Gasteiger partial charge in [0.2, 0.25) is 0 Å². The molecule has 0 saturated heterocycles. The second-order valence-corrected chi connectivity index (χ2v) is 9.25. The third-order valence-corrected chi connectivity index (χ3v) is 6.92. The van der Waals surface area contributed by atoms with Crippen LogP contribution in [0.5, 0.6) is 0 Å². The summed E-state index contributed by atoms with van der Waals surface area (Å²) in [6.45, 7) is 6.41. The van der Waals surface area contributed by atoms with Crippen LogP contribution in [0.25, 0.3) is 10.9 Å². The summed E-state index contributed by atoms with van der Waals surface area (Å²) in [7, 11) is 2.53. The van der Waals surface area contributed by atoms with E-state index in [1.165, 1.54) is 111 Å². The van der Waals surface area contributed by atoms with Gasteiger partial charge in [-0.15, -0.1) is 0 Å². The molecule has 0 spiro atoms. The lowest BCUT2D eigenvalue weighted by molar-refractivity contribution is -0.910. The Morgan fingerprint density at radius 2 is 1.68 bits per heavy atom. The average Bonchev–Trinajstić information content (AvgIpc) is 2.91. The van der Waals surface area contributed by atoms with Crippen molar-refractivity contribution < 1.29 is 28.5 Å². The highest BCUT2D eigenvalue weighted by atomic mass is 127. The number of aryl methyl sites for hydroxylation is 1. The minimum absolute atomic E-state index is 0. The molecule has 1 aromatic carbocycles. The predicted molar refractivity (Wildman–Crippen MR) is 118 cm³/mol. The van der Waals surface area contributed by atoms with Crippen LogP contribution >= 0.6 is 0 Å². The van der Waals surface area contributed by atoms with E-state index >= 15 is 0 Å². The number of nitrogens with one attached hydrogen (secondary N) is 1. The second kappa shape index (κ2) is 12.2. The summed E-state index contributed by atoms with van der Waals surface area (Å²) in [5, 5.41) is 1.42. The lowest BCUT2D eigenvalue weighted by atomic mass is 9.95. The highest BCUT2D eigenvalue weighted by molar-refractivity contribution is 5.82. The largest absolute Gasteiger partial charge is 1.00 e. The molecule has 3 rings (SSSR count). The highest BCUT2D eigenvalue weighted by Crippen LogP contribution is 2.27. The van der Waals surface area contributed by atoms with Gasteiger partial charge in [0, 0.05) is 23.5 Å². The molecule has 1 saturated carbocycles. The van der Waals surface area contributed by atoms with E-state index in [0.29, 0.717) is 0 Å². The number of fused-ring (bicyclic) bond motifs is 1. The van der Waals surface area contributed by atoms with Gasteiger partial charge in [0.05, 0.1) is 26.7 Å². The van der Waals surface area contributed by atoms with Crippen LogP contribution < -0.4 is 24.0 Å². The number of quaternary nitrogens is 1. The number of hydrogen-bond donors (Lipinski definition) is 1. The lowest BCUT2D eigenvalue weighted by Gasteiger charge is -2.36. The highest BCUT2D eigenvalue weighted by Gasteiger charge is 2.23. The lowest BCUT2D eigenvalue weighted by Crippen LogP contribution is -3.00. The molecule has 0 bridgehead atoms. The molecule has 1 aliphatic carbocycles. The molecule has 1 unspecified atom stereocenters. The fraction of sp³-hybridized carbons (Fsp3) is 0.680. The van der Waals surface area contributed by atoms with Gasteiger partial charge in [-0.25, -0.2) is 0 Å². The Balaban J connectivity index is 0.00000280. The van der Waals surface area contributed by atoms with Gasteiger partial charge in [-0.3, -0.25) is 0 Å². The van der Waals surface area contributed by atoms with Crippen molar-refractivity contribution in [2.45, 2.75) is 77.6 Å². The monoisotopic (exact) mass is 496 g/mol. The number of aromatic amines is 1. The summed E-state index contributed by atoms with van der Waals surface area (Å²) in [6.07, 6.45) is 17.8. The minimum Gasteiger partial charge on any atom is -1.00 e. The Kier molecular flexibility index (Phi) is 10.4. The number of benzene rings is 1. The average molecular weight is 497 g/mol. The third kappa shape index (κ3) is 7.05. The summed E-state index contributed by atoms with van der Waals surface area (Å²) >= 11 is 0. The van der Waals surface area contributed by atoms with Gasteiger partial charge in [-0.2, -0.15) is 0 Å². The summed E-state index contributed by atoms with van der Waals surface area (Å²) in [5.41, 5.74) is 2.78. The Bertz CT molecular complexity index is 672. The van der Waals surface area contributed by atoms with Gasteiger partial charge in [-0.1, -0.05) is 70.1 Å². The maximum atomic E-state index is 3.44. The van der Waals surface area contributed by atoms with E-state index in [1.54, 1.807) is 0 Å². The van der Waals surface area contributed by atoms with Crippen molar-refractivity contribution in [3.63, 3.8) is 0 Å². The van der Waals surface area contributed by atoms with Crippen LogP contribution in [-0.2, 0) is 6.42 Å². The number of unbranched alkanes of at least 4 members (excludes halogenated alkanes) is 1. The van der Waals surface area contributed by atoms with Crippen molar-refractivity contribution in [1.82, 2.24) is 4.98 Å². The zero-order chi connectivity index (χ0) is 19.0. The molecule has 0 radical (unpaired) electrons. The topological polar surface area (TPSA) is 15.8 Å². The van der Waals surface area contributed by atoms with E-state index < -0.39 is 0 Å². The smallest absolute Gasteiger partial charge is 0.0787 e. The number of nitrogens with zero attached hydrogens (tertiary/aromatic N) is 1. The fourth-order valence-corrected chi connectivity index (χ4v) is 5.01. The maximum absolute atomic E-state index is 3.44. The maximum Gasteiger partial charge on any atom is 0.0787 e. The summed E-state index contributed by atoms with van der Waals surface area (Å²) < 4.78 is 1.28. The Hall–Kier alpha value is -0.550. The van der Waals surface area contributed by atoms with Crippen molar-refractivity contribution in [3.8, 4) is 0 Å². The van der Waals surface area contributed by atoms with Gasteiger partial charge in [0.15, 0.2) is 0 Å². The minimum atomic E-state index is 0. The second-order valence-electron chi connectivity index (χ2n) is 9.25. The van der Waals surface area contributed by atoms with Crippen LogP contribution in [0.4, 0.5) is 0 Å². The van der Waals surface area contributed by atoms with Crippen molar-refractivity contribution in [2.75, 3.05) is 26.7 Å². The molecule has 1 N–H and O–H groups in total. The molecule has 1 aromatic heterocycles. The van der Waals surface area contributed by atoms with Crippen molar-refractivity contribution in [1.29, 1.82) is 0 Å². The van der Waals surface area contributed by atoms with E-state index in [4.69, 9.17) is 0 Å². The van der Waals surface area contributed by atoms with Crippen LogP contribution in [0.2, 0.25) is 0 Å². The van der Waals surface area contributed by atoms with Crippen molar-refractivity contribution >= 4 is 10.9 Å². The van der Waals surface area contributed by atoms with Crippen LogP contribution in [0.15, 0.2) is 30.5 Å². The van der Waals surface area contributed by atoms with Gasteiger partial charge in [0.25, 0.3) is 0 Å². The molecule has 0 amide bonds. The van der Waals surface area contributed by atoms with E-state index in [0.717, 1.165) is 5.92 Å². The molecule has 3 heteroatoms. The zero-order valence-electron chi connectivity index (χ0n) is 18.2. The first kappa shape index (κ1) is 23.7. The number of halogens is 1. The molecule has 1 heterocycles. The van der Waals surface area contributed by atoms with E-state index in [-0.39, 0.29) is 24.0 Å². The predicted octanol–water partition coefficient (Wildman–Crippen LogP) is 3.71. The zero-order valence-corrected chi connectivity index (χ0v) is 20.3. The summed E-state index contributed by atoms with van der Waals surface area (Å²) in [6, 6.07) is 8.73. The number of aromatic nitrogens is 1. The first-order valence-corrected chi connectivity index (χ1v) is 11.6. The van der Waals surface area contributed by atoms with Crippen molar-refractivity contribution in [3.05, 3.63) is 36.0 Å². The number of H-pyrrole nitrogens is 1. The molecule has 28 heavy (non-hydrogen) atoms. The molecule has 2 nitrogen and oxygen atoms in total. The van der Waals surface area contributed by atoms with Crippen molar-refractivity contribution in [2.24, 2.45) is 5.92 Å². The molecular weight excluding hydrogens is 455 g/mol.